The number of hydrogen-bond acceptors (Lipinski definition) is 4. The lowest BCUT2D eigenvalue weighted by Gasteiger charge is -2.44. The van der Waals surface area contributed by atoms with E-state index in [4.69, 9.17) is 4.74 Å². The third kappa shape index (κ3) is 3.56. The number of hydrogen-bond donors (Lipinski definition) is 1. The smallest absolute Gasteiger partial charge is 0.275 e. The molecule has 174 valence electrons. The summed E-state index contributed by atoms with van der Waals surface area (Å²) >= 11 is 1.59. The molecular formula is C27H27N3O3S. The lowest BCUT2D eigenvalue weighted by molar-refractivity contribution is -0.126. The van der Waals surface area contributed by atoms with Crippen LogP contribution in [0.1, 0.15) is 35.5 Å². The van der Waals surface area contributed by atoms with Crippen LogP contribution in [0.5, 0.6) is 5.75 Å². The lowest BCUT2D eigenvalue weighted by Crippen LogP contribution is -2.64. The highest BCUT2D eigenvalue weighted by atomic mass is 32.1. The van der Waals surface area contributed by atoms with Crippen LogP contribution >= 0.6 is 11.3 Å². The molecule has 0 saturated carbocycles. The van der Waals surface area contributed by atoms with Gasteiger partial charge in [0.15, 0.2) is 0 Å². The van der Waals surface area contributed by atoms with Gasteiger partial charge in [0.25, 0.3) is 5.91 Å². The molecule has 34 heavy (non-hydrogen) atoms. The number of amides is 2. The zero-order valence-corrected chi connectivity index (χ0v) is 20.3. The molecule has 7 heteroatoms. The van der Waals surface area contributed by atoms with Crippen molar-refractivity contribution in [2.75, 3.05) is 12.0 Å². The molecular weight excluding hydrogens is 446 g/mol. The van der Waals surface area contributed by atoms with Crippen molar-refractivity contribution in [3.8, 4) is 5.75 Å². The van der Waals surface area contributed by atoms with Gasteiger partial charge in [-0.1, -0.05) is 37.3 Å². The number of aryl methyl sites for hydroxylation is 1. The molecule has 4 aromatic rings. The number of ether oxygens (including phenoxy) is 1. The fourth-order valence-electron chi connectivity index (χ4n) is 4.73. The minimum absolute atomic E-state index is 0.169. The number of rotatable bonds is 6. The number of carbonyl (C=O) groups excluding carboxylic acids is 2. The standard InChI is InChI=1S/C27H27N3O3S/c1-4-18-8-7-10-21(14-18)30-24(31)22-15-19-12-13-34-25(19)29(22)17-27(30,2)26(32)28-16-20-9-5-6-11-23(20)33-3/h5-15H,4,16-17H2,1-3H3,(H,28,32). The molecule has 0 saturated heterocycles. The van der Waals surface area contributed by atoms with Gasteiger partial charge in [0.05, 0.1) is 13.7 Å². The van der Waals surface area contributed by atoms with E-state index in [1.54, 1.807) is 23.3 Å². The van der Waals surface area contributed by atoms with E-state index in [9.17, 15) is 9.59 Å². The van der Waals surface area contributed by atoms with E-state index < -0.39 is 5.54 Å². The van der Waals surface area contributed by atoms with Crippen molar-refractivity contribution in [2.24, 2.45) is 0 Å². The number of thiophene rings is 1. The highest BCUT2D eigenvalue weighted by Gasteiger charge is 2.48. The third-order valence-electron chi connectivity index (χ3n) is 6.58. The summed E-state index contributed by atoms with van der Waals surface area (Å²) in [4.78, 5) is 30.4. The van der Waals surface area contributed by atoms with Crippen LogP contribution in [0.2, 0.25) is 0 Å². The molecule has 2 aromatic heterocycles. The second-order valence-corrected chi connectivity index (χ2v) is 9.62. The predicted octanol–water partition coefficient (Wildman–Crippen LogP) is 5.01. The maximum atomic E-state index is 13.9. The number of nitrogens with zero attached hydrogens (tertiary/aromatic N) is 2. The molecule has 1 atom stereocenters. The Morgan fingerprint density at radius 3 is 2.76 bits per heavy atom. The van der Waals surface area contributed by atoms with Gasteiger partial charge in [-0.2, -0.15) is 0 Å². The van der Waals surface area contributed by atoms with Crippen molar-refractivity contribution in [3.05, 3.63) is 82.9 Å². The largest absolute Gasteiger partial charge is 0.496 e. The number of aromatic nitrogens is 1. The molecule has 1 aliphatic rings. The summed E-state index contributed by atoms with van der Waals surface area (Å²) in [6.45, 7) is 4.60. The molecule has 6 nitrogen and oxygen atoms in total. The first-order chi connectivity index (χ1) is 16.5. The molecule has 0 bridgehead atoms. The predicted molar refractivity (Wildman–Crippen MR) is 136 cm³/mol. The second kappa shape index (κ2) is 8.65. The monoisotopic (exact) mass is 473 g/mol. The maximum Gasteiger partial charge on any atom is 0.275 e. The number of carbonyl (C=O) groups is 2. The Hall–Kier alpha value is -3.58. The molecule has 1 aliphatic heterocycles. The highest BCUT2D eigenvalue weighted by Crippen LogP contribution is 2.37. The Morgan fingerprint density at radius 2 is 1.97 bits per heavy atom. The summed E-state index contributed by atoms with van der Waals surface area (Å²) in [7, 11) is 1.62. The van der Waals surface area contributed by atoms with Gasteiger partial charge in [-0.15, -0.1) is 11.3 Å². The summed E-state index contributed by atoms with van der Waals surface area (Å²) in [5.74, 6) is 0.337. The van der Waals surface area contributed by atoms with Gasteiger partial charge in [-0.3, -0.25) is 14.5 Å². The third-order valence-corrected chi connectivity index (χ3v) is 7.53. The Morgan fingerprint density at radius 1 is 1.15 bits per heavy atom. The van der Waals surface area contributed by atoms with Crippen molar-refractivity contribution in [1.29, 1.82) is 0 Å². The zero-order chi connectivity index (χ0) is 23.9. The van der Waals surface area contributed by atoms with Crippen LogP contribution in [0.25, 0.3) is 10.2 Å². The summed E-state index contributed by atoms with van der Waals surface area (Å²) in [5.41, 5.74) is 2.22. The molecule has 0 radical (unpaired) electrons. The molecule has 1 unspecified atom stereocenters. The van der Waals surface area contributed by atoms with Crippen molar-refractivity contribution < 1.29 is 14.3 Å². The number of fused-ring (bicyclic) bond motifs is 3. The Bertz CT molecular complexity index is 1390. The van der Waals surface area contributed by atoms with Crippen LogP contribution in [0.4, 0.5) is 5.69 Å². The maximum absolute atomic E-state index is 13.9. The molecule has 5 rings (SSSR count). The molecule has 2 aromatic carbocycles. The first-order valence-electron chi connectivity index (χ1n) is 11.4. The number of nitrogens with one attached hydrogen (secondary N) is 1. The second-order valence-electron chi connectivity index (χ2n) is 8.73. The lowest BCUT2D eigenvalue weighted by atomic mass is 9.93. The molecule has 1 N–H and O–H groups in total. The van der Waals surface area contributed by atoms with Crippen LogP contribution in [-0.2, 0) is 24.3 Å². The van der Waals surface area contributed by atoms with Gasteiger partial charge in [-0.25, -0.2) is 0 Å². The summed E-state index contributed by atoms with van der Waals surface area (Å²) in [6, 6.07) is 19.4. The van der Waals surface area contributed by atoms with Crippen molar-refractivity contribution in [2.45, 2.75) is 38.9 Å². The fraction of sp³-hybridized carbons (Fsp3) is 0.259. The topological polar surface area (TPSA) is 63.6 Å². The molecule has 3 heterocycles. The fourth-order valence-corrected chi connectivity index (χ4v) is 5.63. The van der Waals surface area contributed by atoms with Crippen LogP contribution in [0.15, 0.2) is 66.0 Å². The molecule has 0 spiro atoms. The van der Waals surface area contributed by atoms with E-state index in [1.807, 2.05) is 77.5 Å². The molecule has 0 fully saturated rings. The van der Waals surface area contributed by atoms with E-state index in [2.05, 4.69) is 12.2 Å². The van der Waals surface area contributed by atoms with Crippen molar-refractivity contribution in [3.63, 3.8) is 0 Å². The minimum Gasteiger partial charge on any atom is -0.496 e. The highest BCUT2D eigenvalue weighted by molar-refractivity contribution is 7.16. The average molecular weight is 474 g/mol. The van der Waals surface area contributed by atoms with Gasteiger partial charge < -0.3 is 14.6 Å². The van der Waals surface area contributed by atoms with Gasteiger partial charge in [0.1, 0.15) is 21.8 Å². The van der Waals surface area contributed by atoms with Crippen LogP contribution in [0, 0.1) is 0 Å². The van der Waals surface area contributed by atoms with Gasteiger partial charge >= 0.3 is 0 Å². The SMILES string of the molecule is CCc1cccc(N2C(=O)c3cc4ccsc4n3CC2(C)C(=O)NCc2ccccc2OC)c1. The van der Waals surface area contributed by atoms with E-state index in [1.165, 1.54) is 0 Å². The Balaban J connectivity index is 1.56. The van der Waals surface area contributed by atoms with Crippen molar-refractivity contribution in [1.82, 2.24) is 9.88 Å². The number of methoxy groups -OCH3 is 1. The van der Waals surface area contributed by atoms with Crippen LogP contribution in [-0.4, -0.2) is 29.0 Å². The summed E-state index contributed by atoms with van der Waals surface area (Å²) in [6.07, 6.45) is 0.846. The van der Waals surface area contributed by atoms with E-state index in [0.717, 1.165) is 33.5 Å². The zero-order valence-electron chi connectivity index (χ0n) is 19.5. The molecule has 2 amide bonds. The van der Waals surface area contributed by atoms with Gasteiger partial charge in [-0.05, 0) is 54.6 Å². The van der Waals surface area contributed by atoms with Crippen molar-refractivity contribution >= 4 is 39.1 Å². The van der Waals surface area contributed by atoms with E-state index in [-0.39, 0.29) is 11.8 Å². The molecule has 0 aliphatic carbocycles. The minimum atomic E-state index is -1.12. The normalized spacial score (nSPS) is 17.6. The van der Waals surface area contributed by atoms with Gasteiger partial charge in [0, 0.05) is 23.2 Å². The Kier molecular flexibility index (Phi) is 5.65. The number of anilines is 1. The first-order valence-corrected chi connectivity index (χ1v) is 12.2. The number of para-hydroxylation sites is 1. The van der Waals surface area contributed by atoms with Gasteiger partial charge in [0.2, 0.25) is 5.91 Å². The first kappa shape index (κ1) is 22.2. The van der Waals surface area contributed by atoms with E-state index >= 15 is 0 Å². The quantitative estimate of drug-likeness (QED) is 0.428. The van der Waals surface area contributed by atoms with Crippen LogP contribution in [0.3, 0.4) is 0 Å². The van der Waals surface area contributed by atoms with E-state index in [0.29, 0.717) is 24.5 Å². The Labute approximate surface area is 202 Å². The average Bonchev–Trinajstić information content (AvgIpc) is 3.45. The van der Waals surface area contributed by atoms with Crippen LogP contribution < -0.4 is 15.0 Å². The summed E-state index contributed by atoms with van der Waals surface area (Å²) < 4.78 is 7.43. The number of benzene rings is 2. The summed E-state index contributed by atoms with van der Waals surface area (Å²) in [5, 5.41) is 6.11.